The van der Waals surface area contributed by atoms with E-state index in [1.165, 1.54) is 6.07 Å². The smallest absolute Gasteiger partial charge is 0.127 e. The molecule has 0 fully saturated rings. The minimum Gasteiger partial charge on any atom is -0.313 e. The molecule has 1 heterocycles. The van der Waals surface area contributed by atoms with Crippen LogP contribution in [0, 0.1) is 19.7 Å². The number of benzene rings is 1. The predicted octanol–water partition coefficient (Wildman–Crippen LogP) is 3.39. The van der Waals surface area contributed by atoms with Crippen molar-refractivity contribution in [1.82, 2.24) is 15.5 Å². The molecule has 106 valence electrons. The molecule has 1 N–H and O–H groups in total. The van der Waals surface area contributed by atoms with E-state index in [1.54, 1.807) is 12.1 Å². The predicted molar refractivity (Wildman–Crippen MR) is 78.4 cm³/mol. The Balaban J connectivity index is 2.36. The Hall–Kier alpha value is -1.52. The molecule has 0 saturated carbocycles. The van der Waals surface area contributed by atoms with Gasteiger partial charge in [0, 0.05) is 16.6 Å². The lowest BCUT2D eigenvalue weighted by molar-refractivity contribution is 0.549. The van der Waals surface area contributed by atoms with Gasteiger partial charge in [-0.05, 0) is 51.1 Å². The molecule has 2 rings (SSSR count). The number of aromatic nitrogens is 2. The van der Waals surface area contributed by atoms with Crippen LogP contribution in [0.25, 0.3) is 0 Å². The molecular formula is C15H17ClFN3. The summed E-state index contributed by atoms with van der Waals surface area (Å²) in [5.41, 5.74) is 3.20. The minimum atomic E-state index is -0.283. The van der Waals surface area contributed by atoms with Gasteiger partial charge in [0.15, 0.2) is 0 Å². The van der Waals surface area contributed by atoms with E-state index in [0.29, 0.717) is 17.0 Å². The van der Waals surface area contributed by atoms with Gasteiger partial charge < -0.3 is 5.32 Å². The number of halogens is 2. The van der Waals surface area contributed by atoms with Crippen LogP contribution in [0.2, 0.25) is 5.02 Å². The Morgan fingerprint density at radius 1 is 1.30 bits per heavy atom. The molecule has 0 spiro atoms. The molecule has 0 aliphatic rings. The van der Waals surface area contributed by atoms with Gasteiger partial charge in [0.2, 0.25) is 0 Å². The van der Waals surface area contributed by atoms with Crippen molar-refractivity contribution in [2.45, 2.75) is 26.3 Å². The number of likely N-dealkylation sites (N-methyl/N-ethyl adjacent to an activating group) is 1. The van der Waals surface area contributed by atoms with Crippen LogP contribution in [0.15, 0.2) is 24.3 Å². The van der Waals surface area contributed by atoms with Crippen LogP contribution in [0.5, 0.6) is 0 Å². The Bertz CT molecular complexity index is 596. The maximum absolute atomic E-state index is 13.9. The van der Waals surface area contributed by atoms with Crippen molar-refractivity contribution >= 4 is 11.6 Å². The fourth-order valence-corrected chi connectivity index (χ4v) is 2.46. The lowest BCUT2D eigenvalue weighted by Crippen LogP contribution is -2.21. The van der Waals surface area contributed by atoms with Gasteiger partial charge in [-0.15, -0.1) is 0 Å². The monoisotopic (exact) mass is 293 g/mol. The second kappa shape index (κ2) is 6.29. The summed E-state index contributed by atoms with van der Waals surface area (Å²) < 4.78 is 13.9. The lowest BCUT2D eigenvalue weighted by atomic mass is 9.97. The molecule has 1 unspecified atom stereocenters. The highest BCUT2D eigenvalue weighted by atomic mass is 35.5. The number of aryl methyl sites for hydroxylation is 2. The van der Waals surface area contributed by atoms with Crippen LogP contribution >= 0.6 is 11.6 Å². The van der Waals surface area contributed by atoms with Crippen LogP contribution < -0.4 is 5.32 Å². The first-order valence-corrected chi connectivity index (χ1v) is 6.81. The zero-order valence-electron chi connectivity index (χ0n) is 11.7. The summed E-state index contributed by atoms with van der Waals surface area (Å²) in [6, 6.07) is 6.66. The highest BCUT2D eigenvalue weighted by Crippen LogP contribution is 2.26. The fourth-order valence-electron chi connectivity index (χ4n) is 2.22. The summed E-state index contributed by atoms with van der Waals surface area (Å²) in [6.45, 7) is 3.79. The molecule has 0 aliphatic heterocycles. The normalized spacial score (nSPS) is 12.4. The highest BCUT2D eigenvalue weighted by Gasteiger charge is 2.18. The number of hydrogen-bond acceptors (Lipinski definition) is 3. The average molecular weight is 294 g/mol. The molecule has 0 saturated heterocycles. The van der Waals surface area contributed by atoms with E-state index < -0.39 is 0 Å². The number of hydrogen-bond donors (Lipinski definition) is 1. The van der Waals surface area contributed by atoms with Crippen LogP contribution in [0.3, 0.4) is 0 Å². The van der Waals surface area contributed by atoms with Gasteiger partial charge in [-0.3, -0.25) is 0 Å². The van der Waals surface area contributed by atoms with Gasteiger partial charge in [0.05, 0.1) is 11.4 Å². The highest BCUT2D eigenvalue weighted by molar-refractivity contribution is 6.31. The van der Waals surface area contributed by atoms with E-state index in [0.717, 1.165) is 17.0 Å². The van der Waals surface area contributed by atoms with Crippen molar-refractivity contribution in [2.75, 3.05) is 7.05 Å². The quantitative estimate of drug-likeness (QED) is 0.939. The van der Waals surface area contributed by atoms with E-state index in [9.17, 15) is 4.39 Å². The van der Waals surface area contributed by atoms with Crippen molar-refractivity contribution in [2.24, 2.45) is 0 Å². The molecule has 1 aromatic carbocycles. The molecular weight excluding hydrogens is 277 g/mol. The van der Waals surface area contributed by atoms with Gasteiger partial charge in [0.25, 0.3) is 0 Å². The summed E-state index contributed by atoms with van der Waals surface area (Å²) >= 11 is 6.09. The second-order valence-corrected chi connectivity index (χ2v) is 5.18. The number of nitrogens with zero attached hydrogens (tertiary/aromatic N) is 2. The summed E-state index contributed by atoms with van der Waals surface area (Å²) in [5, 5.41) is 11.8. The van der Waals surface area contributed by atoms with E-state index in [2.05, 4.69) is 15.5 Å². The van der Waals surface area contributed by atoms with E-state index >= 15 is 0 Å². The van der Waals surface area contributed by atoms with Gasteiger partial charge in [-0.2, -0.15) is 10.2 Å². The van der Waals surface area contributed by atoms with Crippen molar-refractivity contribution in [3.8, 4) is 0 Å². The maximum Gasteiger partial charge on any atom is 0.127 e. The van der Waals surface area contributed by atoms with Crippen LogP contribution in [-0.2, 0) is 6.42 Å². The summed E-state index contributed by atoms with van der Waals surface area (Å²) in [6.07, 6.45) is 0.466. The zero-order valence-corrected chi connectivity index (χ0v) is 12.5. The maximum atomic E-state index is 13.9. The number of nitrogens with one attached hydrogen (secondary N) is 1. The van der Waals surface area contributed by atoms with Crippen LogP contribution in [-0.4, -0.2) is 17.2 Å². The molecule has 3 nitrogen and oxygen atoms in total. The van der Waals surface area contributed by atoms with Gasteiger partial charge in [-0.1, -0.05) is 17.7 Å². The summed E-state index contributed by atoms with van der Waals surface area (Å²) in [4.78, 5) is 0. The minimum absolute atomic E-state index is 0.0569. The molecule has 1 atom stereocenters. The van der Waals surface area contributed by atoms with Crippen LogP contribution in [0.4, 0.5) is 4.39 Å². The van der Waals surface area contributed by atoms with Gasteiger partial charge in [-0.25, -0.2) is 4.39 Å². The first kappa shape index (κ1) is 14.9. The first-order chi connectivity index (χ1) is 9.52. The molecule has 0 amide bonds. The molecule has 0 aliphatic carbocycles. The third-order valence-electron chi connectivity index (χ3n) is 3.33. The topological polar surface area (TPSA) is 37.8 Å². The molecule has 0 radical (unpaired) electrons. The molecule has 20 heavy (non-hydrogen) atoms. The Labute approximate surface area is 123 Å². The van der Waals surface area contributed by atoms with E-state index in [1.807, 2.05) is 27.0 Å². The molecule has 5 heteroatoms. The third kappa shape index (κ3) is 3.14. The second-order valence-electron chi connectivity index (χ2n) is 4.77. The Morgan fingerprint density at radius 2 is 2.05 bits per heavy atom. The average Bonchev–Trinajstić information content (AvgIpc) is 2.42. The summed E-state index contributed by atoms with van der Waals surface area (Å²) in [5.74, 6) is -0.283. The third-order valence-corrected chi connectivity index (χ3v) is 3.69. The van der Waals surface area contributed by atoms with E-state index in [4.69, 9.17) is 11.6 Å². The van der Waals surface area contributed by atoms with Crippen molar-refractivity contribution in [3.05, 3.63) is 57.6 Å². The van der Waals surface area contributed by atoms with Gasteiger partial charge >= 0.3 is 0 Å². The van der Waals surface area contributed by atoms with E-state index in [-0.39, 0.29) is 11.9 Å². The lowest BCUT2D eigenvalue weighted by Gasteiger charge is -2.19. The molecule has 0 bridgehead atoms. The largest absolute Gasteiger partial charge is 0.313 e. The Morgan fingerprint density at radius 3 is 2.70 bits per heavy atom. The molecule has 2 aromatic rings. The molecule has 1 aromatic heterocycles. The fraction of sp³-hybridized carbons (Fsp3) is 0.333. The number of rotatable bonds is 4. The Kier molecular flexibility index (Phi) is 4.68. The van der Waals surface area contributed by atoms with Crippen molar-refractivity contribution in [1.29, 1.82) is 0 Å². The zero-order chi connectivity index (χ0) is 14.7. The van der Waals surface area contributed by atoms with Gasteiger partial charge in [0.1, 0.15) is 5.82 Å². The van der Waals surface area contributed by atoms with Crippen molar-refractivity contribution < 1.29 is 4.39 Å². The SMILES string of the molecule is CNC(Cc1c(F)cccc1Cl)c1cc(C)nnc1C. The van der Waals surface area contributed by atoms with Crippen LogP contribution in [0.1, 0.15) is 28.6 Å². The van der Waals surface area contributed by atoms with Crippen molar-refractivity contribution in [3.63, 3.8) is 0 Å². The first-order valence-electron chi connectivity index (χ1n) is 6.44. The summed E-state index contributed by atoms with van der Waals surface area (Å²) in [7, 11) is 1.84. The standard InChI is InChI=1S/C15H17ClFN3/c1-9-7-11(10(2)20-19-9)15(18-3)8-12-13(16)5-4-6-14(12)17/h4-7,15,18H,8H2,1-3H3.